The summed E-state index contributed by atoms with van der Waals surface area (Å²) < 4.78 is 18.9. The zero-order valence-electron chi connectivity index (χ0n) is 14.7. The van der Waals surface area contributed by atoms with Crippen LogP contribution in [0.2, 0.25) is 0 Å². The molecule has 0 N–H and O–H groups in total. The van der Waals surface area contributed by atoms with E-state index in [4.69, 9.17) is 18.9 Å². The zero-order valence-corrected chi connectivity index (χ0v) is 16.7. The van der Waals surface area contributed by atoms with Crippen LogP contribution < -0.4 is 34.7 Å². The van der Waals surface area contributed by atoms with Crippen LogP contribution >= 0.6 is 0 Å². The molecule has 0 rings (SSSR count). The molecule has 0 amide bonds. The van der Waals surface area contributed by atoms with Gasteiger partial charge in [0.1, 0.15) is 5.57 Å². The second-order valence-electron chi connectivity index (χ2n) is 3.85. The summed E-state index contributed by atoms with van der Waals surface area (Å²) in [5, 5.41) is 11.8. The summed E-state index contributed by atoms with van der Waals surface area (Å²) in [7, 11) is 0. The largest absolute Gasteiger partial charge is 1.00 e. The summed E-state index contributed by atoms with van der Waals surface area (Å²) in [6.45, 7) is 6.19. The van der Waals surface area contributed by atoms with Crippen molar-refractivity contribution in [3.63, 3.8) is 0 Å². The van der Waals surface area contributed by atoms with Crippen LogP contribution in [0.25, 0.3) is 0 Å². The van der Waals surface area contributed by atoms with Gasteiger partial charge in [0.15, 0.2) is 0 Å². The normalized spacial score (nSPS) is 10.5. The van der Waals surface area contributed by atoms with Gasteiger partial charge < -0.3 is 24.1 Å². The number of carbonyl (C=O) groups excluding carboxylic acids is 3. The molecular formula is C15H21NaO8. The average molecular weight is 352 g/mol. The summed E-state index contributed by atoms with van der Waals surface area (Å²) in [6, 6.07) is 0. The summed E-state index contributed by atoms with van der Waals surface area (Å²) in [5.41, 5.74) is -1.19. The summed E-state index contributed by atoms with van der Waals surface area (Å²) in [6.07, 6.45) is 0.770. The van der Waals surface area contributed by atoms with Crippen molar-refractivity contribution in [3.05, 3.63) is 23.2 Å². The fourth-order valence-electron chi connectivity index (χ4n) is 1.38. The topological polar surface area (TPSA) is 111 Å². The van der Waals surface area contributed by atoms with Gasteiger partial charge in [0, 0.05) is 0 Å². The molecule has 0 aliphatic carbocycles. The first kappa shape index (κ1) is 24.7. The molecule has 0 aromatic rings. The quantitative estimate of drug-likeness (QED) is 0.0640. The maximum atomic E-state index is 11.8. The molecule has 0 saturated carbocycles. The van der Waals surface area contributed by atoms with Gasteiger partial charge in [-0.15, -0.1) is 0 Å². The van der Waals surface area contributed by atoms with Gasteiger partial charge in [-0.3, -0.25) is 0 Å². The molecule has 8 nitrogen and oxygen atoms in total. The van der Waals surface area contributed by atoms with Crippen molar-refractivity contribution >= 4 is 17.9 Å². The number of esters is 3. The minimum Gasteiger partial charge on any atom is -0.613 e. The molecule has 0 unspecified atom stereocenters. The van der Waals surface area contributed by atoms with Gasteiger partial charge in [-0.05, 0) is 33.5 Å². The Morgan fingerprint density at radius 3 is 1.50 bits per heavy atom. The van der Waals surface area contributed by atoms with Crippen molar-refractivity contribution in [1.82, 2.24) is 0 Å². The Bertz CT molecular complexity index is 476. The molecule has 0 aromatic carbocycles. The van der Waals surface area contributed by atoms with Gasteiger partial charge >= 0.3 is 47.5 Å². The van der Waals surface area contributed by atoms with Crippen LogP contribution in [-0.2, 0) is 33.3 Å². The third-order valence-electron chi connectivity index (χ3n) is 2.27. The Morgan fingerprint density at radius 1 is 0.750 bits per heavy atom. The van der Waals surface area contributed by atoms with E-state index < -0.39 is 35.0 Å². The molecule has 0 aromatic heterocycles. The molecule has 0 spiro atoms. The number of ether oxygens (including phenoxy) is 4. The molecule has 0 aliphatic heterocycles. The van der Waals surface area contributed by atoms with E-state index in [9.17, 15) is 19.5 Å². The van der Waals surface area contributed by atoms with Crippen LogP contribution in [0.4, 0.5) is 0 Å². The molecule has 0 heterocycles. The number of hydrogen-bond acceptors (Lipinski definition) is 8. The minimum atomic E-state index is -1.02. The van der Waals surface area contributed by atoms with Crippen molar-refractivity contribution in [2.75, 3.05) is 26.4 Å². The van der Waals surface area contributed by atoms with E-state index in [1.807, 2.05) is 0 Å². The van der Waals surface area contributed by atoms with Crippen molar-refractivity contribution in [1.29, 1.82) is 0 Å². The zero-order chi connectivity index (χ0) is 17.8. The molecule has 0 aliphatic rings. The smallest absolute Gasteiger partial charge is 0.613 e. The fraction of sp³-hybridized carbons (Fsp3) is 0.533. The van der Waals surface area contributed by atoms with Gasteiger partial charge in [-0.25, -0.2) is 14.4 Å². The van der Waals surface area contributed by atoms with Crippen LogP contribution in [0.15, 0.2) is 23.2 Å². The third-order valence-corrected chi connectivity index (χ3v) is 2.27. The first-order chi connectivity index (χ1) is 10.9. The SMILES string of the molecule is CCOC(=O)C(=C/C(C(=O)OCC)=C(\[O-])OCC)C(=O)OCC.[Na+]. The Hall–Kier alpha value is -1.51. The van der Waals surface area contributed by atoms with E-state index in [1.54, 1.807) is 27.7 Å². The molecule has 0 saturated heterocycles. The standard InChI is InChI=1S/C15H22O8.Na/c1-5-20-12(16)10(13(17)21-6-2)9-11(14(18)22-7-3)15(19)23-8-4;/h9,16H,5-8H2,1-4H3;/q;+1/p-1/b12-10-;. The van der Waals surface area contributed by atoms with Crippen LogP contribution in [0.5, 0.6) is 0 Å². The Morgan fingerprint density at radius 2 is 1.12 bits per heavy atom. The predicted octanol–water partition coefficient (Wildman–Crippen LogP) is -2.79. The van der Waals surface area contributed by atoms with Gasteiger partial charge in [-0.2, -0.15) is 0 Å². The molecule has 9 heteroatoms. The number of rotatable bonds is 9. The van der Waals surface area contributed by atoms with Gasteiger partial charge in [0.05, 0.1) is 31.3 Å². The Balaban J connectivity index is 0. The Labute approximate surface area is 163 Å². The molecule has 0 radical (unpaired) electrons. The molecule has 24 heavy (non-hydrogen) atoms. The predicted molar refractivity (Wildman–Crippen MR) is 76.6 cm³/mol. The number of hydrogen-bond donors (Lipinski definition) is 0. The van der Waals surface area contributed by atoms with Crippen LogP contribution in [0, 0.1) is 0 Å². The van der Waals surface area contributed by atoms with Crippen molar-refractivity contribution in [3.8, 4) is 0 Å². The first-order valence-corrected chi connectivity index (χ1v) is 7.19. The number of carbonyl (C=O) groups is 3. The maximum absolute atomic E-state index is 11.8. The molecule has 0 fully saturated rings. The van der Waals surface area contributed by atoms with Gasteiger partial charge in [-0.1, -0.05) is 6.92 Å². The van der Waals surface area contributed by atoms with E-state index in [1.165, 1.54) is 0 Å². The van der Waals surface area contributed by atoms with Crippen molar-refractivity contribution in [2.45, 2.75) is 27.7 Å². The second-order valence-corrected chi connectivity index (χ2v) is 3.85. The van der Waals surface area contributed by atoms with Crippen molar-refractivity contribution < 1.29 is 68.0 Å². The maximum Gasteiger partial charge on any atom is 1.00 e. The van der Waals surface area contributed by atoms with E-state index >= 15 is 0 Å². The summed E-state index contributed by atoms with van der Waals surface area (Å²) in [4.78, 5) is 35.5. The summed E-state index contributed by atoms with van der Waals surface area (Å²) in [5.74, 6) is -4.07. The van der Waals surface area contributed by atoms with Gasteiger partial charge in [0.25, 0.3) is 0 Å². The third kappa shape index (κ3) is 8.37. The molecule has 0 atom stereocenters. The van der Waals surface area contributed by atoms with Crippen LogP contribution in [-0.4, -0.2) is 44.3 Å². The van der Waals surface area contributed by atoms with E-state index in [0.717, 1.165) is 6.08 Å². The average Bonchev–Trinajstić information content (AvgIpc) is 2.48. The monoisotopic (exact) mass is 352 g/mol. The fourth-order valence-corrected chi connectivity index (χ4v) is 1.38. The second kappa shape index (κ2) is 13.9. The van der Waals surface area contributed by atoms with Crippen LogP contribution in [0.1, 0.15) is 27.7 Å². The minimum absolute atomic E-state index is 0. The van der Waals surface area contributed by atoms with Gasteiger partial charge in [0.2, 0.25) is 0 Å². The van der Waals surface area contributed by atoms with Crippen LogP contribution in [0.3, 0.4) is 0 Å². The summed E-state index contributed by atoms with van der Waals surface area (Å²) >= 11 is 0. The molecule has 0 bridgehead atoms. The Kier molecular flexibility index (Phi) is 14.3. The van der Waals surface area contributed by atoms with E-state index in [2.05, 4.69) is 0 Å². The molecule has 130 valence electrons. The molecular weight excluding hydrogens is 331 g/mol. The van der Waals surface area contributed by atoms with Crippen molar-refractivity contribution in [2.24, 2.45) is 0 Å². The van der Waals surface area contributed by atoms with E-state index in [0.29, 0.717) is 0 Å². The first-order valence-electron chi connectivity index (χ1n) is 7.19. The van der Waals surface area contributed by atoms with E-state index in [-0.39, 0.29) is 56.0 Å².